The topological polar surface area (TPSA) is 44.5 Å². The van der Waals surface area contributed by atoms with Crippen molar-refractivity contribution in [3.63, 3.8) is 0 Å². The predicted octanol–water partition coefficient (Wildman–Crippen LogP) is 0.531. The molecule has 0 aromatic heterocycles. The number of hydrogen-bond acceptors (Lipinski definition) is 3. The highest BCUT2D eigenvalue weighted by atomic mass is 16.5. The van der Waals surface area contributed by atoms with Gasteiger partial charge in [-0.15, -0.1) is 0 Å². The standard InChI is InChI=1S/C8H17NO2/c1-10-8(7-9)3-2-5-11-6-4-8/h2-7,9H2,1H3. The Balaban J connectivity index is 2.49. The van der Waals surface area contributed by atoms with Crippen LogP contribution in [0.25, 0.3) is 0 Å². The van der Waals surface area contributed by atoms with E-state index in [0.717, 1.165) is 32.5 Å². The van der Waals surface area contributed by atoms with Crippen LogP contribution in [0.5, 0.6) is 0 Å². The molecule has 0 aromatic carbocycles. The van der Waals surface area contributed by atoms with Crippen LogP contribution in [0.2, 0.25) is 0 Å². The molecule has 0 aliphatic carbocycles. The van der Waals surface area contributed by atoms with Gasteiger partial charge in [0.05, 0.1) is 5.60 Å². The van der Waals surface area contributed by atoms with Gasteiger partial charge in [-0.25, -0.2) is 0 Å². The van der Waals surface area contributed by atoms with Gasteiger partial charge in [-0.1, -0.05) is 0 Å². The highest BCUT2D eigenvalue weighted by molar-refractivity contribution is 4.82. The van der Waals surface area contributed by atoms with Gasteiger partial charge < -0.3 is 15.2 Å². The first kappa shape index (κ1) is 8.97. The molecule has 1 aliphatic heterocycles. The van der Waals surface area contributed by atoms with Crippen molar-refractivity contribution in [2.75, 3.05) is 26.9 Å². The first-order valence-electron chi connectivity index (χ1n) is 4.16. The van der Waals surface area contributed by atoms with Crippen molar-refractivity contribution < 1.29 is 9.47 Å². The van der Waals surface area contributed by atoms with Crippen LogP contribution in [0.15, 0.2) is 0 Å². The predicted molar refractivity (Wildman–Crippen MR) is 43.5 cm³/mol. The zero-order valence-electron chi connectivity index (χ0n) is 7.14. The number of nitrogens with two attached hydrogens (primary N) is 1. The summed E-state index contributed by atoms with van der Waals surface area (Å²) in [4.78, 5) is 0. The molecule has 0 radical (unpaired) electrons. The minimum absolute atomic E-state index is 0.101. The summed E-state index contributed by atoms with van der Waals surface area (Å²) in [5, 5.41) is 0. The molecule has 1 saturated heterocycles. The second-order valence-electron chi connectivity index (χ2n) is 3.06. The fraction of sp³-hybridized carbons (Fsp3) is 1.00. The lowest BCUT2D eigenvalue weighted by molar-refractivity contribution is -0.0184. The maximum absolute atomic E-state index is 5.64. The molecule has 0 amide bonds. The third-order valence-corrected chi connectivity index (χ3v) is 2.43. The van der Waals surface area contributed by atoms with Crippen LogP contribution >= 0.6 is 0 Å². The second-order valence-corrected chi connectivity index (χ2v) is 3.06. The summed E-state index contributed by atoms with van der Waals surface area (Å²) in [5.74, 6) is 0. The fourth-order valence-electron chi connectivity index (χ4n) is 1.47. The first-order chi connectivity index (χ1) is 5.33. The van der Waals surface area contributed by atoms with Crippen molar-refractivity contribution in [3.05, 3.63) is 0 Å². The Bertz CT molecular complexity index is 103. The number of rotatable bonds is 2. The third kappa shape index (κ3) is 2.15. The van der Waals surface area contributed by atoms with E-state index >= 15 is 0 Å². The molecule has 1 heterocycles. The van der Waals surface area contributed by atoms with E-state index in [-0.39, 0.29) is 5.60 Å². The van der Waals surface area contributed by atoms with Crippen LogP contribution in [0.1, 0.15) is 19.3 Å². The average Bonchev–Trinajstić information content (AvgIpc) is 2.30. The zero-order valence-corrected chi connectivity index (χ0v) is 7.14. The molecule has 1 fully saturated rings. The van der Waals surface area contributed by atoms with Gasteiger partial charge in [0.25, 0.3) is 0 Å². The van der Waals surface area contributed by atoms with Crippen LogP contribution in [-0.4, -0.2) is 32.5 Å². The largest absolute Gasteiger partial charge is 0.381 e. The molecule has 0 aromatic rings. The van der Waals surface area contributed by atoms with Crippen molar-refractivity contribution in [1.29, 1.82) is 0 Å². The highest BCUT2D eigenvalue weighted by Crippen LogP contribution is 2.23. The quantitative estimate of drug-likeness (QED) is 0.639. The van der Waals surface area contributed by atoms with Gasteiger partial charge >= 0.3 is 0 Å². The summed E-state index contributed by atoms with van der Waals surface area (Å²) < 4.78 is 10.7. The molecule has 0 saturated carbocycles. The first-order valence-corrected chi connectivity index (χ1v) is 4.16. The Morgan fingerprint density at radius 3 is 2.91 bits per heavy atom. The molecule has 0 spiro atoms. The summed E-state index contributed by atoms with van der Waals surface area (Å²) >= 11 is 0. The van der Waals surface area contributed by atoms with Gasteiger partial charge in [0, 0.05) is 33.3 Å². The van der Waals surface area contributed by atoms with Crippen LogP contribution in [-0.2, 0) is 9.47 Å². The minimum atomic E-state index is -0.101. The Kier molecular flexibility index (Phi) is 3.30. The van der Waals surface area contributed by atoms with Crippen LogP contribution in [0.4, 0.5) is 0 Å². The van der Waals surface area contributed by atoms with Crippen LogP contribution in [0, 0.1) is 0 Å². The van der Waals surface area contributed by atoms with Gasteiger partial charge in [0.15, 0.2) is 0 Å². The van der Waals surface area contributed by atoms with Crippen molar-refractivity contribution in [2.45, 2.75) is 24.9 Å². The molecule has 3 nitrogen and oxygen atoms in total. The lowest BCUT2D eigenvalue weighted by atomic mass is 9.95. The zero-order chi connectivity index (χ0) is 8.16. The smallest absolute Gasteiger partial charge is 0.0823 e. The SMILES string of the molecule is COC1(CN)CCCOCC1. The van der Waals surface area contributed by atoms with Gasteiger partial charge in [-0.3, -0.25) is 0 Å². The Morgan fingerprint density at radius 2 is 2.27 bits per heavy atom. The molecule has 0 bridgehead atoms. The molecule has 2 N–H and O–H groups in total. The van der Waals surface area contributed by atoms with E-state index in [1.165, 1.54) is 0 Å². The third-order valence-electron chi connectivity index (χ3n) is 2.43. The van der Waals surface area contributed by atoms with E-state index in [1.54, 1.807) is 7.11 Å². The molecule has 1 aliphatic rings. The summed E-state index contributed by atoms with van der Waals surface area (Å²) in [6, 6.07) is 0. The summed E-state index contributed by atoms with van der Waals surface area (Å²) in [7, 11) is 1.73. The van der Waals surface area contributed by atoms with E-state index in [0.29, 0.717) is 6.54 Å². The molecule has 1 rings (SSSR count). The number of hydrogen-bond donors (Lipinski definition) is 1. The fourth-order valence-corrected chi connectivity index (χ4v) is 1.47. The van der Waals surface area contributed by atoms with Crippen molar-refractivity contribution in [3.8, 4) is 0 Å². The Labute approximate surface area is 67.9 Å². The van der Waals surface area contributed by atoms with Gasteiger partial charge in [-0.05, 0) is 12.8 Å². The van der Waals surface area contributed by atoms with E-state index in [4.69, 9.17) is 15.2 Å². The molecule has 1 atom stereocenters. The highest BCUT2D eigenvalue weighted by Gasteiger charge is 2.28. The van der Waals surface area contributed by atoms with Crippen LogP contribution in [0.3, 0.4) is 0 Å². The Hall–Kier alpha value is -0.120. The summed E-state index contributed by atoms with van der Waals surface area (Å²) in [6.07, 6.45) is 3.02. The molecule has 1 unspecified atom stereocenters. The minimum Gasteiger partial charge on any atom is -0.381 e. The van der Waals surface area contributed by atoms with E-state index in [1.807, 2.05) is 0 Å². The monoisotopic (exact) mass is 159 g/mol. The molecule has 66 valence electrons. The normalized spacial score (nSPS) is 33.3. The van der Waals surface area contributed by atoms with Crippen molar-refractivity contribution >= 4 is 0 Å². The second kappa shape index (κ2) is 4.04. The van der Waals surface area contributed by atoms with E-state index in [9.17, 15) is 0 Å². The lowest BCUT2D eigenvalue weighted by Gasteiger charge is -2.28. The lowest BCUT2D eigenvalue weighted by Crippen LogP contribution is -2.40. The number of methoxy groups -OCH3 is 1. The van der Waals surface area contributed by atoms with E-state index < -0.39 is 0 Å². The van der Waals surface area contributed by atoms with Crippen LogP contribution < -0.4 is 5.73 Å². The molecule has 3 heteroatoms. The Morgan fingerprint density at radius 1 is 1.45 bits per heavy atom. The number of ether oxygens (including phenoxy) is 2. The maximum atomic E-state index is 5.64. The average molecular weight is 159 g/mol. The van der Waals surface area contributed by atoms with Crippen molar-refractivity contribution in [2.24, 2.45) is 5.73 Å². The van der Waals surface area contributed by atoms with Gasteiger partial charge in [-0.2, -0.15) is 0 Å². The molecule has 11 heavy (non-hydrogen) atoms. The van der Waals surface area contributed by atoms with Gasteiger partial charge in [0.1, 0.15) is 0 Å². The van der Waals surface area contributed by atoms with Gasteiger partial charge in [0.2, 0.25) is 0 Å². The summed E-state index contributed by atoms with van der Waals surface area (Å²) in [5.41, 5.74) is 5.54. The summed E-state index contributed by atoms with van der Waals surface area (Å²) in [6.45, 7) is 2.24. The molecular formula is C8H17NO2. The van der Waals surface area contributed by atoms with E-state index in [2.05, 4.69) is 0 Å². The van der Waals surface area contributed by atoms with Crippen molar-refractivity contribution in [1.82, 2.24) is 0 Å². The molecular weight excluding hydrogens is 142 g/mol. The maximum Gasteiger partial charge on any atom is 0.0823 e.